The molecule has 3 aromatic rings. The molecule has 2 atom stereocenters. The maximum atomic E-state index is 15.3. The standard InChI is InChI=1S/C18H18FN3O2/c1-23-17(11-6-8-24-9-11)14-4-2-3-12(15(14)19)13-5-7-20-18-16(13)21-10-22-18/h2-5,7,10-11,17H,6,8-9H2,1H3,(H,20,21,22). The van der Waals surface area contributed by atoms with Gasteiger partial charge < -0.3 is 14.5 Å². The summed E-state index contributed by atoms with van der Waals surface area (Å²) in [6, 6.07) is 7.21. The fourth-order valence-corrected chi connectivity index (χ4v) is 3.42. The second kappa shape index (κ2) is 6.30. The molecular formula is C18H18FN3O2. The van der Waals surface area contributed by atoms with Crippen LogP contribution in [0.15, 0.2) is 36.8 Å². The average Bonchev–Trinajstić information content (AvgIpc) is 3.28. The lowest BCUT2D eigenvalue weighted by Crippen LogP contribution is -2.16. The van der Waals surface area contributed by atoms with E-state index in [4.69, 9.17) is 9.47 Å². The molecule has 1 fully saturated rings. The Morgan fingerprint density at radius 2 is 2.21 bits per heavy atom. The molecule has 0 radical (unpaired) electrons. The van der Waals surface area contributed by atoms with E-state index in [1.54, 1.807) is 37.8 Å². The highest BCUT2D eigenvalue weighted by Gasteiger charge is 2.30. The zero-order chi connectivity index (χ0) is 16.5. The van der Waals surface area contributed by atoms with Gasteiger partial charge in [0.15, 0.2) is 5.65 Å². The normalized spacial score (nSPS) is 19.0. The molecule has 1 N–H and O–H groups in total. The van der Waals surface area contributed by atoms with Crippen molar-refractivity contribution in [3.05, 3.63) is 48.2 Å². The molecule has 1 aromatic carbocycles. The van der Waals surface area contributed by atoms with Crippen LogP contribution < -0.4 is 0 Å². The van der Waals surface area contributed by atoms with Crippen LogP contribution in [0.3, 0.4) is 0 Å². The number of nitrogens with one attached hydrogen (secondary N) is 1. The van der Waals surface area contributed by atoms with E-state index in [-0.39, 0.29) is 17.8 Å². The number of pyridine rings is 1. The number of fused-ring (bicyclic) bond motifs is 1. The molecule has 0 saturated carbocycles. The van der Waals surface area contributed by atoms with E-state index in [1.165, 1.54) is 0 Å². The smallest absolute Gasteiger partial charge is 0.178 e. The number of aromatic nitrogens is 3. The summed E-state index contributed by atoms with van der Waals surface area (Å²) in [6.45, 7) is 1.30. The van der Waals surface area contributed by atoms with Gasteiger partial charge in [0.25, 0.3) is 0 Å². The summed E-state index contributed by atoms with van der Waals surface area (Å²) in [5.41, 5.74) is 3.13. The van der Waals surface area contributed by atoms with Crippen molar-refractivity contribution in [2.24, 2.45) is 5.92 Å². The lowest BCUT2D eigenvalue weighted by molar-refractivity contribution is 0.0420. The van der Waals surface area contributed by atoms with E-state index in [9.17, 15) is 0 Å². The van der Waals surface area contributed by atoms with Crippen molar-refractivity contribution in [1.29, 1.82) is 0 Å². The second-order valence-electron chi connectivity index (χ2n) is 5.95. The first-order chi connectivity index (χ1) is 11.8. The average molecular weight is 327 g/mol. The summed E-state index contributed by atoms with van der Waals surface area (Å²) in [5.74, 6) is -0.0947. The molecule has 5 nitrogen and oxygen atoms in total. The molecule has 2 aromatic heterocycles. The third-order valence-electron chi connectivity index (χ3n) is 4.60. The first-order valence-electron chi connectivity index (χ1n) is 7.97. The Hall–Kier alpha value is -2.31. The number of halogens is 1. The Kier molecular flexibility index (Phi) is 4.00. The zero-order valence-electron chi connectivity index (χ0n) is 13.3. The van der Waals surface area contributed by atoms with Crippen LogP contribution in [0.5, 0.6) is 0 Å². The van der Waals surface area contributed by atoms with Crippen LogP contribution >= 0.6 is 0 Å². The molecule has 24 heavy (non-hydrogen) atoms. The molecule has 0 aliphatic carbocycles. The number of hydrogen-bond acceptors (Lipinski definition) is 4. The fraction of sp³-hybridized carbons (Fsp3) is 0.333. The zero-order valence-corrected chi connectivity index (χ0v) is 13.3. The monoisotopic (exact) mass is 327 g/mol. The molecular weight excluding hydrogens is 309 g/mol. The van der Waals surface area contributed by atoms with Gasteiger partial charge in [0.1, 0.15) is 5.82 Å². The van der Waals surface area contributed by atoms with Crippen molar-refractivity contribution in [2.75, 3.05) is 20.3 Å². The Morgan fingerprint density at radius 3 is 3.00 bits per heavy atom. The Balaban J connectivity index is 1.82. The number of methoxy groups -OCH3 is 1. The van der Waals surface area contributed by atoms with Crippen LogP contribution in [0, 0.1) is 11.7 Å². The van der Waals surface area contributed by atoms with Gasteiger partial charge in [-0.1, -0.05) is 18.2 Å². The highest BCUT2D eigenvalue weighted by Crippen LogP contribution is 2.37. The lowest BCUT2D eigenvalue weighted by atomic mass is 9.92. The summed E-state index contributed by atoms with van der Waals surface area (Å²) < 4.78 is 26.4. The van der Waals surface area contributed by atoms with Gasteiger partial charge in [0.2, 0.25) is 0 Å². The van der Waals surface area contributed by atoms with Gasteiger partial charge in [-0.05, 0) is 12.5 Å². The topological polar surface area (TPSA) is 60.0 Å². The van der Waals surface area contributed by atoms with Crippen molar-refractivity contribution in [1.82, 2.24) is 15.0 Å². The van der Waals surface area contributed by atoms with Gasteiger partial charge in [-0.2, -0.15) is 0 Å². The van der Waals surface area contributed by atoms with E-state index in [0.717, 1.165) is 17.5 Å². The van der Waals surface area contributed by atoms with Crippen LogP contribution in [-0.2, 0) is 9.47 Å². The van der Waals surface area contributed by atoms with Gasteiger partial charge in [0, 0.05) is 42.5 Å². The van der Waals surface area contributed by atoms with Crippen molar-refractivity contribution in [2.45, 2.75) is 12.5 Å². The number of benzene rings is 1. The minimum atomic E-state index is -0.313. The van der Waals surface area contributed by atoms with Gasteiger partial charge >= 0.3 is 0 Å². The first-order valence-corrected chi connectivity index (χ1v) is 7.97. The molecule has 4 rings (SSSR count). The summed E-state index contributed by atoms with van der Waals surface area (Å²) in [4.78, 5) is 11.4. The van der Waals surface area contributed by atoms with E-state index in [0.29, 0.717) is 30.0 Å². The molecule has 124 valence electrons. The Labute approximate surface area is 138 Å². The first kappa shape index (κ1) is 15.2. The van der Waals surface area contributed by atoms with Crippen molar-refractivity contribution < 1.29 is 13.9 Å². The van der Waals surface area contributed by atoms with Crippen molar-refractivity contribution >= 4 is 11.2 Å². The molecule has 0 spiro atoms. The lowest BCUT2D eigenvalue weighted by Gasteiger charge is -2.22. The molecule has 0 bridgehead atoms. The number of rotatable bonds is 4. The van der Waals surface area contributed by atoms with E-state index < -0.39 is 0 Å². The summed E-state index contributed by atoms with van der Waals surface area (Å²) in [6.07, 6.45) is 3.77. The summed E-state index contributed by atoms with van der Waals surface area (Å²) in [5, 5.41) is 0. The predicted octanol–water partition coefficient (Wildman–Crippen LogP) is 3.49. The fourth-order valence-electron chi connectivity index (χ4n) is 3.42. The number of H-pyrrole nitrogens is 1. The number of nitrogens with zero attached hydrogens (tertiary/aromatic N) is 2. The second-order valence-corrected chi connectivity index (χ2v) is 5.95. The predicted molar refractivity (Wildman–Crippen MR) is 88.0 cm³/mol. The maximum Gasteiger partial charge on any atom is 0.178 e. The number of aromatic amines is 1. The van der Waals surface area contributed by atoms with Crippen LogP contribution in [0.2, 0.25) is 0 Å². The molecule has 1 aliphatic heterocycles. The number of hydrogen-bond donors (Lipinski definition) is 1. The molecule has 6 heteroatoms. The van der Waals surface area contributed by atoms with Gasteiger partial charge in [-0.15, -0.1) is 0 Å². The van der Waals surface area contributed by atoms with Crippen LogP contribution in [0.1, 0.15) is 18.1 Å². The van der Waals surface area contributed by atoms with Crippen LogP contribution in [-0.4, -0.2) is 35.3 Å². The van der Waals surface area contributed by atoms with E-state index >= 15 is 4.39 Å². The van der Waals surface area contributed by atoms with Crippen LogP contribution in [0.25, 0.3) is 22.3 Å². The highest BCUT2D eigenvalue weighted by atomic mass is 19.1. The maximum absolute atomic E-state index is 15.3. The largest absolute Gasteiger partial charge is 0.381 e. The Bertz CT molecular complexity index is 858. The minimum absolute atomic E-state index is 0.171. The third kappa shape index (κ3) is 2.48. The number of ether oxygens (including phenoxy) is 2. The van der Waals surface area contributed by atoms with E-state index in [2.05, 4.69) is 15.0 Å². The summed E-state index contributed by atoms with van der Waals surface area (Å²) >= 11 is 0. The SMILES string of the molecule is COC(c1cccc(-c2ccnc3nc[nH]c23)c1F)C1CCOC1. The van der Waals surface area contributed by atoms with Crippen molar-refractivity contribution in [3.8, 4) is 11.1 Å². The quantitative estimate of drug-likeness (QED) is 0.797. The third-order valence-corrected chi connectivity index (χ3v) is 4.60. The van der Waals surface area contributed by atoms with Crippen molar-refractivity contribution in [3.63, 3.8) is 0 Å². The number of imidazole rings is 1. The Morgan fingerprint density at radius 1 is 1.29 bits per heavy atom. The van der Waals surface area contributed by atoms with E-state index in [1.807, 2.05) is 6.07 Å². The summed E-state index contributed by atoms with van der Waals surface area (Å²) in [7, 11) is 1.62. The molecule has 3 heterocycles. The molecule has 1 saturated heterocycles. The molecule has 2 unspecified atom stereocenters. The molecule has 1 aliphatic rings. The highest BCUT2D eigenvalue weighted by molar-refractivity contribution is 5.89. The molecule has 0 amide bonds. The van der Waals surface area contributed by atoms with Gasteiger partial charge in [-0.25, -0.2) is 14.4 Å². The van der Waals surface area contributed by atoms with Gasteiger partial charge in [-0.3, -0.25) is 0 Å². The van der Waals surface area contributed by atoms with Crippen LogP contribution in [0.4, 0.5) is 4.39 Å². The van der Waals surface area contributed by atoms with Gasteiger partial charge in [0.05, 0.1) is 24.6 Å². The minimum Gasteiger partial charge on any atom is -0.381 e.